The van der Waals surface area contributed by atoms with Crippen LogP contribution >= 0.6 is 0 Å². The zero-order valence-corrected chi connectivity index (χ0v) is 8.34. The Bertz CT molecular complexity index is 553. The van der Waals surface area contributed by atoms with E-state index in [2.05, 4.69) is 25.5 Å². The maximum absolute atomic E-state index is 5.48. The smallest absolute Gasteiger partial charge is 0.296 e. The molecule has 0 bridgehead atoms. The molecule has 80 valence electrons. The predicted octanol–water partition coefficient (Wildman–Crippen LogP) is 1.56. The lowest BCUT2D eigenvalue weighted by atomic mass is 10.3. The first kappa shape index (κ1) is 8.90. The molecule has 6 nitrogen and oxygen atoms in total. The molecule has 0 fully saturated rings. The van der Waals surface area contributed by atoms with E-state index in [-0.39, 0.29) is 0 Å². The molecule has 3 rings (SSSR count). The summed E-state index contributed by atoms with van der Waals surface area (Å²) in [5.74, 6) is 0.738. The maximum atomic E-state index is 5.48. The van der Waals surface area contributed by atoms with Crippen LogP contribution in [0, 0.1) is 0 Å². The van der Waals surface area contributed by atoms with Gasteiger partial charge in [0.25, 0.3) is 6.01 Å². The lowest BCUT2D eigenvalue weighted by molar-refractivity contribution is 0.613. The minimum atomic E-state index is 0.484. The number of para-hydroxylation sites is 2. The Kier molecular flexibility index (Phi) is 2.03. The second-order valence-corrected chi connectivity index (χ2v) is 3.27. The van der Waals surface area contributed by atoms with Crippen LogP contribution in [0.2, 0.25) is 0 Å². The van der Waals surface area contributed by atoms with Crippen LogP contribution in [0.5, 0.6) is 0 Å². The van der Waals surface area contributed by atoms with E-state index in [1.165, 1.54) is 6.33 Å². The number of hydrogen-bond donors (Lipinski definition) is 2. The zero-order chi connectivity index (χ0) is 10.8. The van der Waals surface area contributed by atoms with Crippen LogP contribution in [-0.2, 0) is 6.54 Å². The van der Waals surface area contributed by atoms with E-state index in [9.17, 15) is 0 Å². The van der Waals surface area contributed by atoms with Crippen molar-refractivity contribution in [3.63, 3.8) is 0 Å². The van der Waals surface area contributed by atoms with Gasteiger partial charge >= 0.3 is 0 Å². The number of oxazole rings is 1. The van der Waals surface area contributed by atoms with Gasteiger partial charge in [0.1, 0.15) is 17.7 Å². The third-order valence-corrected chi connectivity index (χ3v) is 2.17. The largest absolute Gasteiger partial charge is 0.424 e. The van der Waals surface area contributed by atoms with Gasteiger partial charge in [-0.15, -0.1) is 0 Å². The summed E-state index contributed by atoms with van der Waals surface area (Å²) in [5, 5.41) is 9.52. The second-order valence-electron chi connectivity index (χ2n) is 3.27. The van der Waals surface area contributed by atoms with E-state index in [0.29, 0.717) is 12.6 Å². The van der Waals surface area contributed by atoms with Crippen molar-refractivity contribution in [3.05, 3.63) is 36.4 Å². The van der Waals surface area contributed by atoms with E-state index < -0.39 is 0 Å². The topological polar surface area (TPSA) is 79.6 Å². The van der Waals surface area contributed by atoms with Crippen molar-refractivity contribution >= 4 is 17.1 Å². The number of benzene rings is 1. The molecule has 2 N–H and O–H groups in total. The Hall–Kier alpha value is -2.37. The first-order valence-corrected chi connectivity index (χ1v) is 4.85. The monoisotopic (exact) mass is 215 g/mol. The third-order valence-electron chi connectivity index (χ3n) is 2.17. The van der Waals surface area contributed by atoms with Gasteiger partial charge in [0, 0.05) is 0 Å². The molecular formula is C10H9N5O. The summed E-state index contributed by atoms with van der Waals surface area (Å²) in [6, 6.07) is 8.09. The Labute approximate surface area is 90.7 Å². The van der Waals surface area contributed by atoms with Crippen LogP contribution in [0.15, 0.2) is 35.0 Å². The Morgan fingerprint density at radius 2 is 2.25 bits per heavy atom. The molecule has 0 saturated heterocycles. The SMILES string of the molecule is c1ccc2oc(NCc3ncn[nH]3)nc2c1. The molecule has 0 aliphatic rings. The van der Waals surface area contributed by atoms with Crippen molar-refractivity contribution in [2.75, 3.05) is 5.32 Å². The first-order valence-electron chi connectivity index (χ1n) is 4.85. The van der Waals surface area contributed by atoms with E-state index in [0.717, 1.165) is 16.9 Å². The van der Waals surface area contributed by atoms with Crippen LogP contribution in [0.4, 0.5) is 6.01 Å². The third kappa shape index (κ3) is 1.60. The van der Waals surface area contributed by atoms with Gasteiger partial charge in [0.05, 0.1) is 6.54 Å². The highest BCUT2D eigenvalue weighted by atomic mass is 16.4. The van der Waals surface area contributed by atoms with Crippen LogP contribution in [0.1, 0.15) is 5.82 Å². The van der Waals surface area contributed by atoms with Crippen molar-refractivity contribution in [2.24, 2.45) is 0 Å². The van der Waals surface area contributed by atoms with E-state index in [1.807, 2.05) is 24.3 Å². The summed E-state index contributed by atoms with van der Waals surface area (Å²) in [6.45, 7) is 0.507. The lowest BCUT2D eigenvalue weighted by Crippen LogP contribution is -2.01. The predicted molar refractivity (Wildman–Crippen MR) is 57.7 cm³/mol. The highest BCUT2D eigenvalue weighted by Gasteiger charge is 2.04. The Morgan fingerprint density at radius 1 is 1.31 bits per heavy atom. The Morgan fingerprint density at radius 3 is 3.06 bits per heavy atom. The average Bonchev–Trinajstić information content (AvgIpc) is 2.95. The summed E-state index contributed by atoms with van der Waals surface area (Å²) in [7, 11) is 0. The van der Waals surface area contributed by atoms with Gasteiger partial charge < -0.3 is 9.73 Å². The molecular weight excluding hydrogens is 206 g/mol. The van der Waals surface area contributed by atoms with Gasteiger partial charge in [-0.1, -0.05) is 12.1 Å². The Balaban J connectivity index is 1.79. The minimum Gasteiger partial charge on any atom is -0.424 e. The first-order chi connectivity index (χ1) is 7.92. The summed E-state index contributed by atoms with van der Waals surface area (Å²) >= 11 is 0. The van der Waals surface area contributed by atoms with Crippen LogP contribution in [0.3, 0.4) is 0 Å². The van der Waals surface area contributed by atoms with E-state index in [4.69, 9.17) is 4.42 Å². The number of H-pyrrole nitrogens is 1. The van der Waals surface area contributed by atoms with Gasteiger partial charge in [-0.3, -0.25) is 5.10 Å². The minimum absolute atomic E-state index is 0.484. The molecule has 6 heteroatoms. The fourth-order valence-corrected chi connectivity index (χ4v) is 1.42. The number of fused-ring (bicyclic) bond motifs is 1. The van der Waals surface area contributed by atoms with Crippen molar-refractivity contribution in [1.82, 2.24) is 20.2 Å². The molecule has 2 heterocycles. The summed E-state index contributed by atoms with van der Waals surface area (Å²) in [5.41, 5.74) is 1.60. The molecule has 0 aliphatic heterocycles. The van der Waals surface area contributed by atoms with Gasteiger partial charge in [-0.2, -0.15) is 10.1 Å². The maximum Gasteiger partial charge on any atom is 0.296 e. The summed E-state index contributed by atoms with van der Waals surface area (Å²) in [6.07, 6.45) is 1.46. The zero-order valence-electron chi connectivity index (χ0n) is 8.34. The number of hydrogen-bond acceptors (Lipinski definition) is 5. The second kappa shape index (κ2) is 3.65. The molecule has 3 aromatic rings. The fraction of sp³-hybridized carbons (Fsp3) is 0.100. The molecule has 0 aliphatic carbocycles. The molecule has 0 spiro atoms. The normalized spacial score (nSPS) is 10.8. The summed E-state index contributed by atoms with van der Waals surface area (Å²) in [4.78, 5) is 8.26. The molecule has 0 unspecified atom stereocenters. The van der Waals surface area contributed by atoms with Crippen LogP contribution < -0.4 is 5.32 Å². The van der Waals surface area contributed by atoms with Crippen LogP contribution in [0.25, 0.3) is 11.1 Å². The number of anilines is 1. The fourth-order valence-electron chi connectivity index (χ4n) is 1.42. The molecule has 0 atom stereocenters. The van der Waals surface area contributed by atoms with E-state index >= 15 is 0 Å². The number of nitrogens with one attached hydrogen (secondary N) is 2. The molecule has 0 amide bonds. The highest BCUT2D eigenvalue weighted by Crippen LogP contribution is 2.17. The van der Waals surface area contributed by atoms with Gasteiger partial charge in [0.2, 0.25) is 0 Å². The standard InChI is InChI=1S/C10H9N5O/c1-2-4-8-7(3-1)14-10(16-8)11-5-9-12-6-13-15-9/h1-4,6H,5H2,(H,11,14)(H,12,13,15). The molecule has 0 radical (unpaired) electrons. The van der Waals surface area contributed by atoms with Gasteiger partial charge in [0.15, 0.2) is 5.58 Å². The number of rotatable bonds is 3. The van der Waals surface area contributed by atoms with Crippen molar-refractivity contribution in [1.29, 1.82) is 0 Å². The number of aromatic nitrogens is 4. The average molecular weight is 215 g/mol. The van der Waals surface area contributed by atoms with Crippen molar-refractivity contribution < 1.29 is 4.42 Å². The molecule has 16 heavy (non-hydrogen) atoms. The van der Waals surface area contributed by atoms with E-state index in [1.54, 1.807) is 0 Å². The van der Waals surface area contributed by atoms with Crippen molar-refractivity contribution in [3.8, 4) is 0 Å². The quantitative estimate of drug-likeness (QED) is 0.693. The molecule has 1 aromatic carbocycles. The van der Waals surface area contributed by atoms with Gasteiger partial charge in [-0.25, -0.2) is 4.98 Å². The molecule has 2 aromatic heterocycles. The van der Waals surface area contributed by atoms with Crippen molar-refractivity contribution in [2.45, 2.75) is 6.54 Å². The van der Waals surface area contributed by atoms with Gasteiger partial charge in [-0.05, 0) is 12.1 Å². The molecule has 0 saturated carbocycles. The highest BCUT2D eigenvalue weighted by molar-refractivity contribution is 5.74. The summed E-state index contributed by atoms with van der Waals surface area (Å²) < 4.78 is 5.48. The number of nitrogens with zero attached hydrogens (tertiary/aromatic N) is 3. The lowest BCUT2D eigenvalue weighted by Gasteiger charge is -1.95. The number of aromatic amines is 1. The van der Waals surface area contributed by atoms with Crippen LogP contribution in [-0.4, -0.2) is 20.2 Å².